The molecule has 0 aliphatic carbocycles. The molecule has 0 radical (unpaired) electrons. The number of nitriles is 1. The first-order chi connectivity index (χ1) is 10.5. The molecule has 0 heterocycles. The molecule has 0 bridgehead atoms. The number of nitrogens with zero attached hydrogens (tertiary/aromatic N) is 2. The normalized spacial score (nSPS) is 11.5. The summed E-state index contributed by atoms with van der Waals surface area (Å²) in [6, 6.07) is 8.09. The number of benzene rings is 1. The van der Waals surface area contributed by atoms with Gasteiger partial charge in [0.15, 0.2) is 11.7 Å². The lowest BCUT2D eigenvalue weighted by molar-refractivity contribution is -0.121. The van der Waals surface area contributed by atoms with Gasteiger partial charge < -0.3 is 4.74 Å². The highest BCUT2D eigenvalue weighted by molar-refractivity contribution is 6.03. The Kier molecular flexibility index (Phi) is 6.44. The van der Waals surface area contributed by atoms with Gasteiger partial charge in [0.1, 0.15) is 0 Å². The van der Waals surface area contributed by atoms with Crippen molar-refractivity contribution in [3.05, 3.63) is 29.8 Å². The first-order valence-electron chi connectivity index (χ1n) is 6.50. The molecule has 0 saturated heterocycles. The van der Waals surface area contributed by atoms with Gasteiger partial charge in [0.05, 0.1) is 18.4 Å². The van der Waals surface area contributed by atoms with E-state index < -0.39 is 17.9 Å². The Labute approximate surface area is 127 Å². The molecule has 1 aromatic rings. The minimum absolute atomic E-state index is 0.0701. The summed E-state index contributed by atoms with van der Waals surface area (Å²) < 4.78 is 4.55. The van der Waals surface area contributed by atoms with Crippen LogP contribution in [-0.4, -0.2) is 30.6 Å². The summed E-state index contributed by atoms with van der Waals surface area (Å²) in [7, 11) is 0. The van der Waals surface area contributed by atoms with E-state index in [9.17, 15) is 14.4 Å². The molecule has 22 heavy (non-hydrogen) atoms. The molecule has 0 aliphatic heterocycles. The highest BCUT2D eigenvalue weighted by Crippen LogP contribution is 2.13. The molecule has 0 fully saturated rings. The van der Waals surface area contributed by atoms with Crippen LogP contribution in [0, 0.1) is 17.2 Å². The van der Waals surface area contributed by atoms with Crippen LogP contribution in [0.25, 0.3) is 0 Å². The van der Waals surface area contributed by atoms with E-state index in [0.717, 1.165) is 6.21 Å². The van der Waals surface area contributed by atoms with Crippen LogP contribution >= 0.6 is 0 Å². The number of carbonyl (C=O) groups excluding carboxylic acids is 3. The van der Waals surface area contributed by atoms with Crippen LogP contribution in [0.4, 0.5) is 10.5 Å². The SMILES string of the molecule is CCOC(=O)NC(=O)C(C#N)C=Nc1ccc(C(C)=O)cc1. The second kappa shape index (κ2) is 8.32. The highest BCUT2D eigenvalue weighted by atomic mass is 16.5. The van der Waals surface area contributed by atoms with E-state index in [1.165, 1.54) is 6.92 Å². The van der Waals surface area contributed by atoms with Gasteiger partial charge in [-0.2, -0.15) is 5.26 Å². The van der Waals surface area contributed by atoms with Crippen molar-refractivity contribution in [3.63, 3.8) is 0 Å². The molecule has 2 amide bonds. The molecule has 1 rings (SSSR count). The maximum Gasteiger partial charge on any atom is 0.413 e. The smallest absolute Gasteiger partial charge is 0.413 e. The molecule has 1 unspecified atom stereocenters. The number of Topliss-reactive ketones (excluding diaryl/α,β-unsaturated/α-hetero) is 1. The van der Waals surface area contributed by atoms with Gasteiger partial charge in [-0.15, -0.1) is 0 Å². The van der Waals surface area contributed by atoms with Crippen molar-refractivity contribution in [2.75, 3.05) is 6.61 Å². The van der Waals surface area contributed by atoms with Crippen molar-refractivity contribution >= 4 is 29.7 Å². The van der Waals surface area contributed by atoms with Crippen molar-refractivity contribution in [2.45, 2.75) is 13.8 Å². The number of carbonyl (C=O) groups is 3. The monoisotopic (exact) mass is 301 g/mol. The van der Waals surface area contributed by atoms with E-state index in [1.54, 1.807) is 37.3 Å². The van der Waals surface area contributed by atoms with Gasteiger partial charge >= 0.3 is 6.09 Å². The lowest BCUT2D eigenvalue weighted by atomic mass is 10.1. The molecule has 1 atom stereocenters. The summed E-state index contributed by atoms with van der Waals surface area (Å²) in [5, 5.41) is 10.9. The Balaban J connectivity index is 2.72. The largest absolute Gasteiger partial charge is 0.450 e. The number of ketones is 1. The van der Waals surface area contributed by atoms with Gasteiger partial charge in [-0.05, 0) is 38.1 Å². The first-order valence-corrected chi connectivity index (χ1v) is 6.50. The molecule has 7 heteroatoms. The fraction of sp³-hybridized carbons (Fsp3) is 0.267. The predicted octanol–water partition coefficient (Wildman–Crippen LogP) is 2.00. The van der Waals surface area contributed by atoms with Crippen molar-refractivity contribution < 1.29 is 19.1 Å². The molecule has 7 nitrogen and oxygen atoms in total. The van der Waals surface area contributed by atoms with Gasteiger partial charge in [0, 0.05) is 11.8 Å². The molecule has 0 aromatic heterocycles. The van der Waals surface area contributed by atoms with Crippen molar-refractivity contribution in [3.8, 4) is 6.07 Å². The number of rotatable bonds is 5. The van der Waals surface area contributed by atoms with Gasteiger partial charge in [0.2, 0.25) is 0 Å². The fourth-order valence-electron chi connectivity index (χ4n) is 1.45. The molecule has 0 aliphatic rings. The van der Waals surface area contributed by atoms with Gasteiger partial charge in [-0.25, -0.2) is 4.79 Å². The lowest BCUT2D eigenvalue weighted by Crippen LogP contribution is -2.36. The maximum absolute atomic E-state index is 11.7. The molecular formula is C15H15N3O4. The van der Waals surface area contributed by atoms with E-state index in [0.29, 0.717) is 11.3 Å². The standard InChI is InChI=1S/C15H15N3O4/c1-3-22-15(21)18-14(20)12(8-16)9-17-13-6-4-11(5-7-13)10(2)19/h4-7,9,12H,3H2,1-2H3,(H,18,20,21). The van der Waals surface area contributed by atoms with E-state index in [1.807, 2.05) is 5.32 Å². The van der Waals surface area contributed by atoms with E-state index in [-0.39, 0.29) is 12.4 Å². The van der Waals surface area contributed by atoms with Crippen LogP contribution in [0.3, 0.4) is 0 Å². The zero-order valence-electron chi connectivity index (χ0n) is 12.2. The fourth-order valence-corrected chi connectivity index (χ4v) is 1.45. The van der Waals surface area contributed by atoms with Crippen molar-refractivity contribution in [1.29, 1.82) is 5.26 Å². The molecule has 114 valence electrons. The van der Waals surface area contributed by atoms with E-state index in [2.05, 4.69) is 9.73 Å². The second-order valence-electron chi connectivity index (χ2n) is 4.20. The Bertz CT molecular complexity index is 629. The number of hydrogen-bond donors (Lipinski definition) is 1. The number of ether oxygens (including phenoxy) is 1. The number of amides is 2. The quantitative estimate of drug-likeness (QED) is 0.661. The summed E-state index contributed by atoms with van der Waals surface area (Å²) in [6.07, 6.45) is 0.212. The minimum Gasteiger partial charge on any atom is -0.450 e. The van der Waals surface area contributed by atoms with Crippen molar-refractivity contribution in [2.24, 2.45) is 10.9 Å². The van der Waals surface area contributed by atoms with Crippen molar-refractivity contribution in [1.82, 2.24) is 5.32 Å². The summed E-state index contributed by atoms with van der Waals surface area (Å²) in [5.74, 6) is -2.11. The predicted molar refractivity (Wildman–Crippen MR) is 78.9 cm³/mol. The molecule has 1 N–H and O–H groups in total. The third-order valence-electron chi connectivity index (χ3n) is 2.57. The van der Waals surface area contributed by atoms with Gasteiger partial charge in [-0.1, -0.05) is 0 Å². The van der Waals surface area contributed by atoms with Crippen LogP contribution in [0.2, 0.25) is 0 Å². The van der Waals surface area contributed by atoms with Crippen LogP contribution < -0.4 is 5.32 Å². The average molecular weight is 301 g/mol. The Hall–Kier alpha value is -3.01. The Morgan fingerprint density at radius 1 is 1.36 bits per heavy atom. The topological polar surface area (TPSA) is 109 Å². The molecule has 1 aromatic carbocycles. The zero-order chi connectivity index (χ0) is 16.5. The lowest BCUT2D eigenvalue weighted by Gasteiger charge is -2.05. The van der Waals surface area contributed by atoms with Crippen LogP contribution in [0.15, 0.2) is 29.3 Å². The zero-order valence-corrected chi connectivity index (χ0v) is 12.2. The number of imide groups is 1. The maximum atomic E-state index is 11.7. The third kappa shape index (κ3) is 5.17. The molecule has 0 spiro atoms. The van der Waals surface area contributed by atoms with Gasteiger partial charge in [0.25, 0.3) is 5.91 Å². The Morgan fingerprint density at radius 3 is 2.50 bits per heavy atom. The average Bonchev–Trinajstić information content (AvgIpc) is 2.48. The third-order valence-corrected chi connectivity index (χ3v) is 2.57. The summed E-state index contributed by atoms with van der Waals surface area (Å²) in [6.45, 7) is 3.16. The van der Waals surface area contributed by atoms with Crippen LogP contribution in [0.5, 0.6) is 0 Å². The van der Waals surface area contributed by atoms with Gasteiger partial charge in [-0.3, -0.25) is 19.9 Å². The number of nitrogens with one attached hydrogen (secondary N) is 1. The Morgan fingerprint density at radius 2 is 2.00 bits per heavy atom. The van der Waals surface area contributed by atoms with E-state index >= 15 is 0 Å². The summed E-state index contributed by atoms with van der Waals surface area (Å²) >= 11 is 0. The van der Waals surface area contributed by atoms with Crippen LogP contribution in [-0.2, 0) is 9.53 Å². The first kappa shape index (κ1) is 17.0. The molecular weight excluding hydrogens is 286 g/mol. The second-order valence-corrected chi connectivity index (χ2v) is 4.20. The number of aliphatic imine (C=N–C) groups is 1. The minimum atomic E-state index is -1.23. The van der Waals surface area contributed by atoms with E-state index in [4.69, 9.17) is 5.26 Å². The van der Waals surface area contributed by atoms with Crippen LogP contribution in [0.1, 0.15) is 24.2 Å². The summed E-state index contributed by atoms with van der Waals surface area (Å²) in [5.41, 5.74) is 1.02. The molecule has 0 saturated carbocycles. The number of hydrogen-bond acceptors (Lipinski definition) is 6. The highest BCUT2D eigenvalue weighted by Gasteiger charge is 2.18. The number of alkyl carbamates (subject to hydrolysis) is 1. The summed E-state index contributed by atoms with van der Waals surface area (Å²) in [4.78, 5) is 37.9.